The Morgan fingerprint density at radius 2 is 1.72 bits per heavy atom. The number of rotatable bonds is 7. The fraction of sp³-hybridized carbons (Fsp3) is 0.346. The second-order valence-electron chi connectivity index (χ2n) is 8.22. The van der Waals surface area contributed by atoms with Gasteiger partial charge in [-0.05, 0) is 36.8 Å². The molecule has 4 rings (SSSR count). The van der Waals surface area contributed by atoms with E-state index in [9.17, 15) is 14.9 Å². The van der Waals surface area contributed by atoms with Crippen LogP contribution >= 0.6 is 0 Å². The van der Waals surface area contributed by atoms with Crippen molar-refractivity contribution in [3.05, 3.63) is 59.8 Å². The Morgan fingerprint density at radius 3 is 2.33 bits per heavy atom. The summed E-state index contributed by atoms with van der Waals surface area (Å²) in [6.07, 6.45) is -0.352. The Hall–Kier alpha value is -4.39. The number of benzene rings is 2. The number of methoxy groups -OCH3 is 1. The number of hydrogen-bond acceptors (Lipinski definition) is 8. The van der Waals surface area contributed by atoms with Gasteiger partial charge in [-0.3, -0.25) is 4.79 Å². The van der Waals surface area contributed by atoms with Gasteiger partial charge in [0.05, 0.1) is 30.8 Å². The van der Waals surface area contributed by atoms with Crippen molar-refractivity contribution in [2.75, 3.05) is 44.8 Å². The summed E-state index contributed by atoms with van der Waals surface area (Å²) in [6, 6.07) is 16.8. The van der Waals surface area contributed by atoms with Gasteiger partial charge in [-0.1, -0.05) is 24.3 Å². The number of fused-ring (bicyclic) bond motifs is 1. The molecule has 1 saturated heterocycles. The molecular weight excluding hydrogens is 460 g/mol. The maximum absolute atomic E-state index is 13.1. The third-order valence-corrected chi connectivity index (χ3v) is 5.97. The predicted molar refractivity (Wildman–Crippen MR) is 134 cm³/mol. The second kappa shape index (κ2) is 11.4. The van der Waals surface area contributed by atoms with Gasteiger partial charge in [-0.25, -0.2) is 14.8 Å². The number of piperazine rings is 1. The molecule has 1 fully saturated rings. The smallest absolute Gasteiger partial charge is 0.409 e. The molecule has 3 aromatic rings. The lowest BCUT2D eigenvalue weighted by atomic mass is 10.0. The van der Waals surface area contributed by atoms with Crippen LogP contribution in [0.15, 0.2) is 48.5 Å². The van der Waals surface area contributed by atoms with E-state index in [4.69, 9.17) is 19.4 Å². The summed E-state index contributed by atoms with van der Waals surface area (Å²) in [5, 5.41) is 12.8. The molecule has 186 valence electrons. The highest BCUT2D eigenvalue weighted by atomic mass is 16.6. The molecule has 1 aromatic heterocycles. The minimum Gasteiger partial charge on any atom is -0.497 e. The van der Waals surface area contributed by atoms with E-state index in [-0.39, 0.29) is 12.6 Å². The third kappa shape index (κ3) is 5.46. The van der Waals surface area contributed by atoms with Crippen LogP contribution in [0.2, 0.25) is 0 Å². The maximum atomic E-state index is 13.1. The van der Waals surface area contributed by atoms with Crippen LogP contribution in [0.25, 0.3) is 11.0 Å². The van der Waals surface area contributed by atoms with E-state index >= 15 is 0 Å². The van der Waals surface area contributed by atoms with Gasteiger partial charge >= 0.3 is 6.09 Å². The van der Waals surface area contributed by atoms with Gasteiger partial charge in [0.2, 0.25) is 5.91 Å². The number of ether oxygens (including phenoxy) is 2. The molecule has 10 nitrogen and oxygen atoms in total. The van der Waals surface area contributed by atoms with Crippen LogP contribution in [0, 0.1) is 11.3 Å². The third-order valence-electron chi connectivity index (χ3n) is 5.97. The molecule has 10 heteroatoms. The van der Waals surface area contributed by atoms with Crippen LogP contribution in [0.4, 0.5) is 10.6 Å². The molecule has 1 aliphatic rings. The van der Waals surface area contributed by atoms with Gasteiger partial charge in [0.25, 0.3) is 0 Å². The van der Waals surface area contributed by atoms with Crippen molar-refractivity contribution in [2.24, 2.45) is 0 Å². The number of hydrogen-bond donors (Lipinski definition) is 1. The van der Waals surface area contributed by atoms with E-state index < -0.39 is 11.8 Å². The van der Waals surface area contributed by atoms with Gasteiger partial charge in [-0.2, -0.15) is 5.26 Å². The average molecular weight is 489 g/mol. The molecule has 2 aromatic carbocycles. The number of aromatic nitrogens is 2. The molecule has 0 aliphatic carbocycles. The Morgan fingerprint density at radius 1 is 1.06 bits per heavy atom. The summed E-state index contributed by atoms with van der Waals surface area (Å²) < 4.78 is 10.3. The number of nitrogens with zero attached hydrogens (tertiary/aromatic N) is 5. The van der Waals surface area contributed by atoms with Crippen LogP contribution in [0.3, 0.4) is 0 Å². The van der Waals surface area contributed by atoms with E-state index in [0.29, 0.717) is 55.3 Å². The number of para-hydroxylation sites is 2. The van der Waals surface area contributed by atoms with Crippen molar-refractivity contribution in [1.29, 1.82) is 5.26 Å². The number of carbonyl (C=O) groups is 2. The van der Waals surface area contributed by atoms with Gasteiger partial charge in [0.1, 0.15) is 11.4 Å². The second-order valence-corrected chi connectivity index (χ2v) is 8.22. The first-order valence-electron chi connectivity index (χ1n) is 11.8. The molecule has 1 aliphatic heterocycles. The van der Waals surface area contributed by atoms with Gasteiger partial charge < -0.3 is 24.6 Å². The molecule has 0 radical (unpaired) electrons. The number of carbonyl (C=O) groups excluding carboxylic acids is 2. The zero-order valence-electron chi connectivity index (χ0n) is 20.3. The Labute approximate surface area is 209 Å². The van der Waals surface area contributed by atoms with E-state index in [1.54, 1.807) is 25.0 Å². The van der Waals surface area contributed by atoms with E-state index in [0.717, 1.165) is 11.3 Å². The maximum Gasteiger partial charge on any atom is 0.409 e. The lowest BCUT2D eigenvalue weighted by Crippen LogP contribution is -2.49. The Kier molecular flexibility index (Phi) is 7.80. The summed E-state index contributed by atoms with van der Waals surface area (Å²) >= 11 is 0. The van der Waals surface area contributed by atoms with Crippen molar-refractivity contribution in [1.82, 2.24) is 20.2 Å². The number of nitrogens with one attached hydrogen (secondary N) is 1. The molecule has 0 saturated carbocycles. The molecule has 1 atom stereocenters. The van der Waals surface area contributed by atoms with Crippen LogP contribution in [-0.2, 0) is 16.1 Å². The topological polar surface area (TPSA) is 121 Å². The SMILES string of the molecule is CCOC(=O)N1CCN(c2nc3ccccc3nc2[C@@H](C#N)C(=O)NCc2ccc(OC)cc2)CC1. The quantitative estimate of drug-likeness (QED) is 0.539. The first-order chi connectivity index (χ1) is 17.5. The van der Waals surface area contributed by atoms with Crippen molar-refractivity contribution in [3.8, 4) is 11.8 Å². The normalized spacial score (nSPS) is 14.1. The van der Waals surface area contributed by atoms with Gasteiger partial charge in [-0.15, -0.1) is 0 Å². The lowest BCUT2D eigenvalue weighted by Gasteiger charge is -2.35. The summed E-state index contributed by atoms with van der Waals surface area (Å²) in [4.78, 5) is 38.3. The zero-order valence-corrected chi connectivity index (χ0v) is 20.3. The summed E-state index contributed by atoms with van der Waals surface area (Å²) in [7, 11) is 1.59. The van der Waals surface area contributed by atoms with Crippen LogP contribution in [-0.4, -0.2) is 66.8 Å². The standard InChI is InChI=1S/C26H28N6O4/c1-3-36-26(34)32-14-12-31(13-15-32)24-23(29-21-6-4-5-7-22(21)30-24)20(16-27)25(33)28-17-18-8-10-19(35-2)11-9-18/h4-11,20H,3,12-15,17H2,1-2H3,(H,28,33)/t20-/m1/s1. The lowest BCUT2D eigenvalue weighted by molar-refractivity contribution is -0.121. The Bertz CT molecular complexity index is 1270. The van der Waals surface area contributed by atoms with Crippen molar-refractivity contribution >= 4 is 28.9 Å². The highest BCUT2D eigenvalue weighted by Gasteiger charge is 2.31. The number of anilines is 1. The molecular formula is C26H28N6O4. The minimum atomic E-state index is -1.15. The van der Waals surface area contributed by atoms with Crippen molar-refractivity contribution < 1.29 is 19.1 Å². The predicted octanol–water partition coefficient (Wildman–Crippen LogP) is 2.84. The van der Waals surface area contributed by atoms with E-state index in [2.05, 4.69) is 11.4 Å². The van der Waals surface area contributed by atoms with Crippen LogP contribution < -0.4 is 15.0 Å². The van der Waals surface area contributed by atoms with Crippen LogP contribution in [0.1, 0.15) is 24.1 Å². The van der Waals surface area contributed by atoms with Crippen molar-refractivity contribution in [2.45, 2.75) is 19.4 Å². The number of amides is 2. The number of nitriles is 1. The van der Waals surface area contributed by atoms with Crippen molar-refractivity contribution in [3.63, 3.8) is 0 Å². The molecule has 0 spiro atoms. The highest BCUT2D eigenvalue weighted by molar-refractivity contribution is 5.89. The van der Waals surface area contributed by atoms with E-state index in [1.165, 1.54) is 0 Å². The monoisotopic (exact) mass is 488 g/mol. The molecule has 2 amide bonds. The van der Waals surface area contributed by atoms with E-state index in [1.807, 2.05) is 47.4 Å². The Balaban J connectivity index is 1.57. The molecule has 1 N–H and O–H groups in total. The molecule has 0 unspecified atom stereocenters. The highest BCUT2D eigenvalue weighted by Crippen LogP contribution is 2.28. The summed E-state index contributed by atoms with van der Waals surface area (Å²) in [5.74, 6) is -0.412. The zero-order chi connectivity index (χ0) is 25.5. The fourth-order valence-electron chi connectivity index (χ4n) is 4.02. The largest absolute Gasteiger partial charge is 0.497 e. The first-order valence-corrected chi connectivity index (χ1v) is 11.8. The average Bonchev–Trinajstić information content (AvgIpc) is 2.92. The first kappa shape index (κ1) is 24.7. The summed E-state index contributed by atoms with van der Waals surface area (Å²) in [6.45, 7) is 4.17. The summed E-state index contributed by atoms with van der Waals surface area (Å²) in [5.41, 5.74) is 2.44. The molecule has 2 heterocycles. The van der Waals surface area contributed by atoms with Gasteiger partial charge in [0, 0.05) is 32.7 Å². The van der Waals surface area contributed by atoms with Crippen LogP contribution in [0.5, 0.6) is 5.75 Å². The minimum absolute atomic E-state index is 0.259. The fourth-order valence-corrected chi connectivity index (χ4v) is 4.02. The van der Waals surface area contributed by atoms with Gasteiger partial charge in [0.15, 0.2) is 11.7 Å². The molecule has 36 heavy (non-hydrogen) atoms. The molecule has 0 bridgehead atoms.